The van der Waals surface area contributed by atoms with Crippen molar-refractivity contribution >= 4 is 11.5 Å². The molecule has 4 nitrogen and oxygen atoms in total. The summed E-state index contributed by atoms with van der Waals surface area (Å²) in [4.78, 5) is 10.9. The van der Waals surface area contributed by atoms with E-state index in [2.05, 4.69) is 20.2 Å². The zero-order chi connectivity index (χ0) is 15.3. The molecular weight excluding hydrogens is 293 g/mol. The molecule has 1 fully saturated rings. The van der Waals surface area contributed by atoms with Gasteiger partial charge in [-0.15, -0.1) is 0 Å². The second-order valence-corrected chi connectivity index (χ2v) is 5.58. The van der Waals surface area contributed by atoms with Gasteiger partial charge < -0.3 is 10.2 Å². The van der Waals surface area contributed by atoms with Gasteiger partial charge in [-0.05, 0) is 18.6 Å². The van der Waals surface area contributed by atoms with Crippen molar-refractivity contribution in [1.82, 2.24) is 9.97 Å². The van der Waals surface area contributed by atoms with E-state index in [0.29, 0.717) is 23.2 Å². The van der Waals surface area contributed by atoms with E-state index in [9.17, 15) is 13.2 Å². The van der Waals surface area contributed by atoms with Gasteiger partial charge in [0.2, 0.25) is 0 Å². The highest BCUT2D eigenvalue weighted by Crippen LogP contribution is 2.35. The van der Waals surface area contributed by atoms with Crippen LogP contribution in [0.15, 0.2) is 30.5 Å². The number of anilines is 2. The second-order valence-electron chi connectivity index (χ2n) is 5.58. The van der Waals surface area contributed by atoms with Gasteiger partial charge in [0.25, 0.3) is 0 Å². The minimum absolute atomic E-state index is 0.305. The van der Waals surface area contributed by atoms with Gasteiger partial charge in [-0.2, -0.15) is 13.2 Å². The molecule has 1 atom stereocenters. The number of nitrogens with zero attached hydrogens (tertiary/aromatic N) is 3. The molecule has 0 unspecified atom stereocenters. The number of rotatable bonds is 1. The molecular formula is C15H13F3N4. The van der Waals surface area contributed by atoms with E-state index in [4.69, 9.17) is 0 Å². The number of halogens is 3. The van der Waals surface area contributed by atoms with Crippen LogP contribution in [0, 0.1) is 0 Å². The summed E-state index contributed by atoms with van der Waals surface area (Å²) in [5.74, 6) is 1.01. The molecule has 0 saturated carbocycles. The molecule has 1 saturated heterocycles. The van der Waals surface area contributed by atoms with Gasteiger partial charge in [0, 0.05) is 24.7 Å². The third-order valence-corrected chi connectivity index (χ3v) is 4.09. The minimum atomic E-state index is -4.37. The fourth-order valence-electron chi connectivity index (χ4n) is 2.98. The fraction of sp³-hybridized carbons (Fsp3) is 0.333. The second kappa shape index (κ2) is 4.59. The Kier molecular flexibility index (Phi) is 2.79. The molecule has 7 heteroatoms. The first-order valence-corrected chi connectivity index (χ1v) is 7.07. The predicted molar refractivity (Wildman–Crippen MR) is 76.7 cm³/mol. The molecule has 3 heterocycles. The quantitative estimate of drug-likeness (QED) is 0.878. The van der Waals surface area contributed by atoms with Crippen LogP contribution >= 0.6 is 0 Å². The monoisotopic (exact) mass is 306 g/mol. The third-order valence-electron chi connectivity index (χ3n) is 4.09. The summed E-state index contributed by atoms with van der Waals surface area (Å²) >= 11 is 0. The molecule has 22 heavy (non-hydrogen) atoms. The van der Waals surface area contributed by atoms with Crippen molar-refractivity contribution in [3.8, 4) is 11.4 Å². The molecule has 0 spiro atoms. The van der Waals surface area contributed by atoms with Crippen LogP contribution in [0.2, 0.25) is 0 Å². The molecule has 2 aliphatic rings. The molecule has 2 aromatic rings. The highest BCUT2D eigenvalue weighted by molar-refractivity contribution is 5.72. The maximum atomic E-state index is 12.8. The Hall–Kier alpha value is -2.31. The Morgan fingerprint density at radius 3 is 2.95 bits per heavy atom. The summed E-state index contributed by atoms with van der Waals surface area (Å²) in [6, 6.07) is 5.46. The number of nitrogens with one attached hydrogen (secondary N) is 1. The van der Waals surface area contributed by atoms with Crippen molar-refractivity contribution in [2.45, 2.75) is 18.6 Å². The van der Waals surface area contributed by atoms with Crippen LogP contribution in [0.4, 0.5) is 24.7 Å². The van der Waals surface area contributed by atoms with Crippen LogP contribution in [0.25, 0.3) is 11.4 Å². The van der Waals surface area contributed by atoms with Gasteiger partial charge in [0.1, 0.15) is 0 Å². The molecule has 4 rings (SSSR count). The fourth-order valence-corrected chi connectivity index (χ4v) is 2.98. The van der Waals surface area contributed by atoms with E-state index >= 15 is 0 Å². The summed E-state index contributed by atoms with van der Waals surface area (Å²) in [5, 5.41) is 3.33. The Balaban J connectivity index is 1.74. The Labute approximate surface area is 125 Å². The van der Waals surface area contributed by atoms with E-state index in [1.165, 1.54) is 6.07 Å². The molecule has 2 bridgehead atoms. The number of benzene rings is 1. The first-order valence-electron chi connectivity index (χ1n) is 7.07. The van der Waals surface area contributed by atoms with E-state index in [1.807, 2.05) is 0 Å². The van der Waals surface area contributed by atoms with E-state index in [-0.39, 0.29) is 0 Å². The maximum Gasteiger partial charge on any atom is 0.416 e. The molecule has 114 valence electrons. The van der Waals surface area contributed by atoms with Gasteiger partial charge in [-0.3, -0.25) is 0 Å². The SMILES string of the molecule is FC(F)(F)c1cccc(-c2ncc3c(n2)N[C@H]2CCN3C2)c1. The first kappa shape index (κ1) is 13.4. The van der Waals surface area contributed by atoms with Crippen LogP contribution in [-0.4, -0.2) is 29.1 Å². The van der Waals surface area contributed by atoms with Gasteiger partial charge >= 0.3 is 6.18 Å². The lowest BCUT2D eigenvalue weighted by Gasteiger charge is -2.27. The maximum absolute atomic E-state index is 12.8. The number of aromatic nitrogens is 2. The van der Waals surface area contributed by atoms with Crippen LogP contribution in [0.5, 0.6) is 0 Å². The van der Waals surface area contributed by atoms with Gasteiger partial charge in [-0.25, -0.2) is 9.97 Å². The Bertz CT molecular complexity index is 729. The minimum Gasteiger partial charge on any atom is -0.365 e. The van der Waals surface area contributed by atoms with Crippen molar-refractivity contribution in [1.29, 1.82) is 0 Å². The Morgan fingerprint density at radius 2 is 2.14 bits per heavy atom. The zero-order valence-electron chi connectivity index (χ0n) is 11.6. The van der Waals surface area contributed by atoms with E-state index in [0.717, 1.165) is 37.3 Å². The third kappa shape index (κ3) is 2.17. The average molecular weight is 306 g/mol. The van der Waals surface area contributed by atoms with Crippen molar-refractivity contribution < 1.29 is 13.2 Å². The lowest BCUT2D eigenvalue weighted by atomic mass is 10.1. The largest absolute Gasteiger partial charge is 0.416 e. The summed E-state index contributed by atoms with van der Waals surface area (Å²) in [6.07, 6.45) is -1.64. The predicted octanol–water partition coefficient (Wildman–Crippen LogP) is 3.17. The number of hydrogen-bond acceptors (Lipinski definition) is 4. The normalized spacial score (nSPS) is 19.8. The highest BCUT2D eigenvalue weighted by Gasteiger charge is 2.32. The van der Waals surface area contributed by atoms with Crippen molar-refractivity contribution in [2.24, 2.45) is 0 Å². The van der Waals surface area contributed by atoms with Crippen LogP contribution in [0.3, 0.4) is 0 Å². The topological polar surface area (TPSA) is 41.1 Å². The van der Waals surface area contributed by atoms with E-state index in [1.54, 1.807) is 12.3 Å². The molecule has 0 radical (unpaired) electrons. The van der Waals surface area contributed by atoms with Crippen LogP contribution in [0.1, 0.15) is 12.0 Å². The summed E-state index contributed by atoms with van der Waals surface area (Å²) in [7, 11) is 0. The summed E-state index contributed by atoms with van der Waals surface area (Å²) in [6.45, 7) is 1.89. The first-order chi connectivity index (χ1) is 10.5. The molecule has 1 N–H and O–H groups in total. The molecule has 0 aliphatic carbocycles. The lowest BCUT2D eigenvalue weighted by molar-refractivity contribution is -0.137. The lowest BCUT2D eigenvalue weighted by Crippen LogP contribution is -2.32. The number of hydrogen-bond donors (Lipinski definition) is 1. The number of fused-ring (bicyclic) bond motifs is 4. The van der Waals surface area contributed by atoms with Gasteiger partial charge in [0.05, 0.1) is 17.4 Å². The van der Waals surface area contributed by atoms with Crippen molar-refractivity contribution in [2.75, 3.05) is 23.3 Å². The van der Waals surface area contributed by atoms with Crippen LogP contribution < -0.4 is 10.2 Å². The molecule has 2 aliphatic heterocycles. The summed E-state index contributed by atoms with van der Waals surface area (Å²) < 4.78 is 38.4. The van der Waals surface area contributed by atoms with Crippen molar-refractivity contribution in [3.05, 3.63) is 36.0 Å². The van der Waals surface area contributed by atoms with E-state index < -0.39 is 11.7 Å². The molecule has 0 amide bonds. The summed E-state index contributed by atoms with van der Waals surface area (Å²) in [5.41, 5.74) is 0.597. The molecule has 1 aromatic carbocycles. The standard InChI is InChI=1S/C15H13F3N4/c16-15(17,18)10-3-1-2-9(6-10)13-19-7-12-14(21-13)20-11-4-5-22(12)8-11/h1-3,6-7,11H,4-5,8H2,(H,19,20,21)/t11-/m0/s1. The Morgan fingerprint density at radius 1 is 1.27 bits per heavy atom. The average Bonchev–Trinajstić information content (AvgIpc) is 2.88. The van der Waals surface area contributed by atoms with Crippen molar-refractivity contribution in [3.63, 3.8) is 0 Å². The van der Waals surface area contributed by atoms with Crippen LogP contribution in [-0.2, 0) is 6.18 Å². The van der Waals surface area contributed by atoms with Gasteiger partial charge in [0.15, 0.2) is 11.6 Å². The number of alkyl halides is 3. The molecule has 1 aromatic heterocycles. The highest BCUT2D eigenvalue weighted by atomic mass is 19.4. The smallest absolute Gasteiger partial charge is 0.365 e. The van der Waals surface area contributed by atoms with Gasteiger partial charge in [-0.1, -0.05) is 12.1 Å². The zero-order valence-corrected chi connectivity index (χ0v) is 11.6.